The number of nitrogens with zero attached hydrogens (tertiary/aromatic N) is 3. The Hall–Kier alpha value is -4.72. The summed E-state index contributed by atoms with van der Waals surface area (Å²) in [5.74, 6) is 0.152. The maximum absolute atomic E-state index is 15.7. The van der Waals surface area contributed by atoms with Gasteiger partial charge in [-0.3, -0.25) is 4.98 Å². The van der Waals surface area contributed by atoms with E-state index in [0.29, 0.717) is 50.3 Å². The van der Waals surface area contributed by atoms with Gasteiger partial charge in [0, 0.05) is 48.4 Å². The summed E-state index contributed by atoms with van der Waals surface area (Å²) in [6.45, 7) is 0.273. The van der Waals surface area contributed by atoms with Gasteiger partial charge >= 0.3 is 0 Å². The quantitative estimate of drug-likeness (QED) is 0.122. The molecule has 0 amide bonds. The van der Waals surface area contributed by atoms with Crippen LogP contribution >= 0.6 is 15.9 Å². The van der Waals surface area contributed by atoms with Gasteiger partial charge in [-0.25, -0.2) is 18.7 Å². The summed E-state index contributed by atoms with van der Waals surface area (Å²) in [6, 6.07) is 19.6. The number of hydrogen-bond donors (Lipinski definition) is 2. The fourth-order valence-electron chi connectivity index (χ4n) is 5.13. The topological polar surface area (TPSA) is 115 Å². The first-order chi connectivity index (χ1) is 22.3. The molecule has 2 N–H and O–H groups in total. The fourth-order valence-corrected chi connectivity index (χ4v) is 6.14. The van der Waals surface area contributed by atoms with Gasteiger partial charge in [-0.1, -0.05) is 18.2 Å². The Balaban J connectivity index is 1.23. The van der Waals surface area contributed by atoms with Crippen LogP contribution in [0.25, 0.3) is 10.9 Å². The van der Waals surface area contributed by atoms with Crippen LogP contribution in [0.2, 0.25) is 0 Å². The van der Waals surface area contributed by atoms with Gasteiger partial charge in [0.15, 0.2) is 5.60 Å². The number of aromatic nitrogens is 3. The van der Waals surface area contributed by atoms with E-state index in [1.54, 1.807) is 54.6 Å². The Kier molecular flexibility index (Phi) is 9.33. The van der Waals surface area contributed by atoms with E-state index in [9.17, 15) is 12.8 Å². The lowest BCUT2D eigenvalue weighted by atomic mass is 9.89. The number of ether oxygens (including phenoxy) is 2. The highest BCUT2D eigenvalue weighted by molar-refractivity contribution is 9.10. The smallest absolute Gasteiger partial charge is 0.220 e. The lowest BCUT2D eigenvalue weighted by molar-refractivity contribution is 0.0392. The second-order valence-corrected chi connectivity index (χ2v) is 12.2. The first-order valence-electron chi connectivity index (χ1n) is 14.1. The van der Waals surface area contributed by atoms with Crippen LogP contribution in [-0.2, 0) is 27.2 Å². The largest absolute Gasteiger partial charge is 0.489 e. The van der Waals surface area contributed by atoms with Crippen molar-refractivity contribution in [2.45, 2.75) is 18.6 Å². The van der Waals surface area contributed by atoms with Crippen LogP contribution in [0.1, 0.15) is 23.2 Å². The molecule has 1 aliphatic heterocycles. The van der Waals surface area contributed by atoms with Crippen molar-refractivity contribution in [2.75, 3.05) is 18.4 Å². The predicted octanol–water partition coefficient (Wildman–Crippen LogP) is 6.21. The third-order valence-corrected chi connectivity index (χ3v) is 8.75. The van der Waals surface area contributed by atoms with Gasteiger partial charge in [0.2, 0.25) is 10.3 Å². The number of halogens is 3. The van der Waals surface area contributed by atoms with Crippen LogP contribution in [0.4, 0.5) is 20.3 Å². The number of pyridine rings is 1. The number of hydrogen-bond acceptors (Lipinski definition) is 9. The van der Waals surface area contributed by atoms with Gasteiger partial charge in [0.05, 0.1) is 21.9 Å². The summed E-state index contributed by atoms with van der Waals surface area (Å²) >= 11 is 3.53. The number of nitrogens with one attached hydrogen (secondary N) is 2. The second kappa shape index (κ2) is 13.7. The van der Waals surface area contributed by atoms with E-state index >= 15 is 4.39 Å². The standard InChI is InChI=1S/C33H26BrF2N5O4S/c34-26-14-23(8-9-30(26)44-18-21-5-3-6-22(35)13-21)41-32-24-15-25(27(36)16-29(24)39-20-40-32)33(10-4-12-45-33)19-37-17-31(46(42)43)28-7-1-2-11-38-28/h1-9,11-16,20,37H,10,17-19H2,(H,39,40,41). The molecule has 0 saturated carbocycles. The maximum Gasteiger partial charge on any atom is 0.220 e. The zero-order valence-electron chi connectivity index (χ0n) is 24.1. The molecule has 1 aliphatic rings. The lowest BCUT2D eigenvalue weighted by Gasteiger charge is -2.30. The van der Waals surface area contributed by atoms with Crippen molar-refractivity contribution in [2.24, 2.45) is 0 Å². The molecule has 2 aromatic heterocycles. The number of benzene rings is 3. The van der Waals surface area contributed by atoms with Crippen LogP contribution in [0, 0.1) is 11.6 Å². The Morgan fingerprint density at radius 3 is 2.65 bits per heavy atom. The third-order valence-electron chi connectivity index (χ3n) is 7.38. The SMILES string of the molecule is O=S(=O)=C(CNCC1(c2cc3c(Nc4ccc(OCc5cccc(F)c5)c(Br)c4)ncnc3cc2F)CC=CO1)c1ccccn1. The Morgan fingerprint density at radius 1 is 1.02 bits per heavy atom. The summed E-state index contributed by atoms with van der Waals surface area (Å²) in [5, 5.41) is 6.96. The Labute approximate surface area is 273 Å². The van der Waals surface area contributed by atoms with Gasteiger partial charge < -0.3 is 20.1 Å². The van der Waals surface area contributed by atoms with E-state index in [1.807, 2.05) is 6.07 Å². The zero-order chi connectivity index (χ0) is 32.1. The first kappa shape index (κ1) is 31.3. The van der Waals surface area contributed by atoms with E-state index < -0.39 is 21.7 Å². The van der Waals surface area contributed by atoms with Crippen LogP contribution in [0.3, 0.4) is 0 Å². The highest BCUT2D eigenvalue weighted by Gasteiger charge is 2.38. The molecule has 1 atom stereocenters. The highest BCUT2D eigenvalue weighted by Crippen LogP contribution is 2.39. The van der Waals surface area contributed by atoms with Crippen molar-refractivity contribution in [3.63, 3.8) is 0 Å². The van der Waals surface area contributed by atoms with Crippen LogP contribution in [0.15, 0.2) is 102 Å². The molecule has 1 unspecified atom stereocenters. The third kappa shape index (κ3) is 6.91. The fraction of sp³-hybridized carbons (Fsp3) is 0.152. The molecule has 0 radical (unpaired) electrons. The monoisotopic (exact) mass is 705 g/mol. The molecule has 3 aromatic carbocycles. The average molecular weight is 707 g/mol. The van der Waals surface area contributed by atoms with Gasteiger partial charge in [-0.2, -0.15) is 8.42 Å². The lowest BCUT2D eigenvalue weighted by Crippen LogP contribution is -2.40. The van der Waals surface area contributed by atoms with Crippen molar-refractivity contribution >= 4 is 53.5 Å². The number of fused-ring (bicyclic) bond motifs is 1. The molecule has 234 valence electrons. The number of anilines is 2. The number of rotatable bonds is 11. The zero-order valence-corrected chi connectivity index (χ0v) is 26.5. The van der Waals surface area contributed by atoms with E-state index in [1.165, 1.54) is 37.0 Å². The average Bonchev–Trinajstić information content (AvgIpc) is 3.52. The molecular weight excluding hydrogens is 680 g/mol. The van der Waals surface area contributed by atoms with Gasteiger partial charge in [-0.15, -0.1) is 0 Å². The van der Waals surface area contributed by atoms with Crippen molar-refractivity contribution in [1.29, 1.82) is 0 Å². The predicted molar refractivity (Wildman–Crippen MR) is 174 cm³/mol. The van der Waals surface area contributed by atoms with Gasteiger partial charge in [0.25, 0.3) is 0 Å². The van der Waals surface area contributed by atoms with Crippen LogP contribution < -0.4 is 15.4 Å². The van der Waals surface area contributed by atoms with Gasteiger partial charge in [-0.05, 0) is 76.1 Å². The summed E-state index contributed by atoms with van der Waals surface area (Å²) in [7, 11) is -2.51. The van der Waals surface area contributed by atoms with Crippen LogP contribution in [0.5, 0.6) is 5.75 Å². The molecule has 3 heterocycles. The molecule has 13 heteroatoms. The van der Waals surface area contributed by atoms with Crippen molar-refractivity contribution in [3.8, 4) is 5.75 Å². The summed E-state index contributed by atoms with van der Waals surface area (Å²) in [4.78, 5) is 12.9. The van der Waals surface area contributed by atoms with Crippen molar-refractivity contribution in [1.82, 2.24) is 20.3 Å². The van der Waals surface area contributed by atoms with Crippen molar-refractivity contribution in [3.05, 3.63) is 131 Å². The molecule has 5 aromatic rings. The van der Waals surface area contributed by atoms with E-state index in [4.69, 9.17) is 9.47 Å². The second-order valence-electron chi connectivity index (χ2n) is 10.4. The summed E-state index contributed by atoms with van der Waals surface area (Å²) in [6.07, 6.45) is 6.51. The minimum Gasteiger partial charge on any atom is -0.489 e. The summed E-state index contributed by atoms with van der Waals surface area (Å²) < 4.78 is 65.6. The van der Waals surface area contributed by atoms with E-state index in [-0.39, 0.29) is 35.9 Å². The Bertz CT molecular complexity index is 2060. The molecule has 0 aliphatic carbocycles. The summed E-state index contributed by atoms with van der Waals surface area (Å²) in [5.41, 5.74) is 1.20. The van der Waals surface area contributed by atoms with E-state index in [2.05, 4.69) is 41.5 Å². The minimum atomic E-state index is -2.51. The molecule has 0 fully saturated rings. The van der Waals surface area contributed by atoms with Crippen LogP contribution in [-0.4, -0.2) is 41.3 Å². The molecule has 6 rings (SSSR count). The maximum atomic E-state index is 15.7. The van der Waals surface area contributed by atoms with Gasteiger partial charge in [0.1, 0.15) is 41.0 Å². The first-order valence-corrected chi connectivity index (χ1v) is 16.0. The minimum absolute atomic E-state index is 0.0276. The molecule has 0 bridgehead atoms. The molecule has 9 nitrogen and oxygen atoms in total. The normalized spacial score (nSPS) is 15.5. The molecule has 0 saturated heterocycles. The molecular formula is C33H26BrF2N5O4S. The van der Waals surface area contributed by atoms with E-state index in [0.717, 1.165) is 0 Å². The van der Waals surface area contributed by atoms with Crippen molar-refractivity contribution < 1.29 is 26.7 Å². The molecule has 0 spiro atoms. The molecule has 46 heavy (non-hydrogen) atoms. The Morgan fingerprint density at radius 2 is 1.91 bits per heavy atom. The highest BCUT2D eigenvalue weighted by atomic mass is 79.9.